The van der Waals surface area contributed by atoms with Crippen molar-refractivity contribution < 1.29 is 0 Å². The van der Waals surface area contributed by atoms with E-state index >= 15 is 0 Å². The highest BCUT2D eigenvalue weighted by atomic mass is 32.2. The number of hydrogen-bond donors (Lipinski definition) is 2. The normalized spacial score (nSPS) is 12.2. The minimum Gasteiger partial charge on any atom is -0.370 e. The lowest BCUT2D eigenvalue weighted by atomic mass is 10.6. The van der Waals surface area contributed by atoms with E-state index in [0.29, 0.717) is 11.2 Å². The molecule has 4 heteroatoms. The summed E-state index contributed by atoms with van der Waals surface area (Å²) in [5.74, 6) is 1.60. The molecule has 0 atom stereocenters. The predicted octanol–water partition coefficient (Wildman–Crippen LogP) is 0.662. The molecule has 0 amide bonds. The molecule has 0 aliphatic heterocycles. The standard InChI is InChI=1S/C7H17N3S/c1-6(2)11-5-4-10-7(8)9-3/h6H,4-5H2,1-3H3,(H3,8,9,10). The Bertz CT molecular complexity index is 123. The van der Waals surface area contributed by atoms with E-state index in [2.05, 4.69) is 24.2 Å². The van der Waals surface area contributed by atoms with Crippen molar-refractivity contribution in [2.24, 2.45) is 10.7 Å². The van der Waals surface area contributed by atoms with E-state index < -0.39 is 0 Å². The molecule has 0 unspecified atom stereocenters. The Morgan fingerprint density at radius 2 is 2.27 bits per heavy atom. The van der Waals surface area contributed by atoms with E-state index in [1.807, 2.05) is 11.8 Å². The maximum absolute atomic E-state index is 5.42. The summed E-state index contributed by atoms with van der Waals surface area (Å²) in [5.41, 5.74) is 5.42. The molecule has 0 fully saturated rings. The van der Waals surface area contributed by atoms with Crippen LogP contribution in [0.25, 0.3) is 0 Å². The van der Waals surface area contributed by atoms with Crippen molar-refractivity contribution in [3.05, 3.63) is 0 Å². The van der Waals surface area contributed by atoms with E-state index in [1.165, 1.54) is 0 Å². The molecule has 11 heavy (non-hydrogen) atoms. The lowest BCUT2D eigenvalue weighted by Crippen LogP contribution is -2.33. The highest BCUT2D eigenvalue weighted by Crippen LogP contribution is 2.06. The Kier molecular flexibility index (Phi) is 6.12. The minimum atomic E-state index is 0.523. The average Bonchev–Trinajstić information content (AvgIpc) is 1.97. The van der Waals surface area contributed by atoms with Gasteiger partial charge in [0.05, 0.1) is 0 Å². The van der Waals surface area contributed by atoms with Crippen LogP contribution in [0.15, 0.2) is 4.99 Å². The Balaban J connectivity index is 3.15. The summed E-state index contributed by atoms with van der Waals surface area (Å²) in [5, 5.41) is 3.69. The third-order valence-electron chi connectivity index (χ3n) is 1.10. The van der Waals surface area contributed by atoms with Crippen molar-refractivity contribution in [1.29, 1.82) is 0 Å². The van der Waals surface area contributed by atoms with Gasteiger partial charge in [-0.15, -0.1) is 0 Å². The SMILES string of the molecule is CN=C(N)NCCSC(C)C. The summed E-state index contributed by atoms with van der Waals surface area (Å²) >= 11 is 1.91. The van der Waals surface area contributed by atoms with Crippen LogP contribution in [0, 0.1) is 0 Å². The molecule has 0 heterocycles. The van der Waals surface area contributed by atoms with Crippen molar-refractivity contribution >= 4 is 17.7 Å². The van der Waals surface area contributed by atoms with Gasteiger partial charge in [-0.05, 0) is 5.25 Å². The zero-order valence-electron chi connectivity index (χ0n) is 7.42. The van der Waals surface area contributed by atoms with E-state index in [9.17, 15) is 0 Å². The lowest BCUT2D eigenvalue weighted by Gasteiger charge is -2.05. The van der Waals surface area contributed by atoms with Crippen LogP contribution in [0.2, 0.25) is 0 Å². The molecule has 66 valence electrons. The molecule has 0 bridgehead atoms. The molecular formula is C7H17N3S. The molecule has 0 aliphatic carbocycles. The lowest BCUT2D eigenvalue weighted by molar-refractivity contribution is 0.954. The van der Waals surface area contributed by atoms with Crippen molar-refractivity contribution in [2.45, 2.75) is 19.1 Å². The molecule has 0 rings (SSSR count). The van der Waals surface area contributed by atoms with E-state index in [-0.39, 0.29) is 0 Å². The summed E-state index contributed by atoms with van der Waals surface area (Å²) in [4.78, 5) is 3.78. The van der Waals surface area contributed by atoms with Gasteiger partial charge in [0, 0.05) is 19.3 Å². The molecule has 0 saturated carbocycles. The number of guanidine groups is 1. The van der Waals surface area contributed by atoms with Crippen molar-refractivity contribution in [3.63, 3.8) is 0 Å². The van der Waals surface area contributed by atoms with Gasteiger partial charge < -0.3 is 11.1 Å². The second-order valence-corrected chi connectivity index (χ2v) is 4.14. The molecular weight excluding hydrogens is 158 g/mol. The smallest absolute Gasteiger partial charge is 0.188 e. The largest absolute Gasteiger partial charge is 0.370 e. The van der Waals surface area contributed by atoms with E-state index in [1.54, 1.807) is 7.05 Å². The fourth-order valence-electron chi connectivity index (χ4n) is 0.553. The van der Waals surface area contributed by atoms with Crippen LogP contribution in [-0.4, -0.2) is 30.6 Å². The molecule has 3 N–H and O–H groups in total. The van der Waals surface area contributed by atoms with Gasteiger partial charge in [-0.2, -0.15) is 11.8 Å². The Morgan fingerprint density at radius 1 is 1.64 bits per heavy atom. The number of aliphatic imine (C=N–C) groups is 1. The van der Waals surface area contributed by atoms with Crippen LogP contribution in [0.3, 0.4) is 0 Å². The van der Waals surface area contributed by atoms with Gasteiger partial charge in [0.2, 0.25) is 0 Å². The number of nitrogens with zero attached hydrogens (tertiary/aromatic N) is 1. The average molecular weight is 175 g/mol. The monoisotopic (exact) mass is 175 g/mol. The summed E-state index contributed by atoms with van der Waals surface area (Å²) < 4.78 is 0. The van der Waals surface area contributed by atoms with Crippen LogP contribution in [0.1, 0.15) is 13.8 Å². The van der Waals surface area contributed by atoms with E-state index in [4.69, 9.17) is 5.73 Å². The van der Waals surface area contributed by atoms with Crippen LogP contribution >= 0.6 is 11.8 Å². The zero-order chi connectivity index (χ0) is 8.69. The molecule has 0 aromatic carbocycles. The summed E-state index contributed by atoms with van der Waals surface area (Å²) in [7, 11) is 1.68. The minimum absolute atomic E-state index is 0.523. The van der Waals surface area contributed by atoms with Crippen LogP contribution in [0.5, 0.6) is 0 Å². The Hall–Kier alpha value is -0.380. The Morgan fingerprint density at radius 3 is 2.73 bits per heavy atom. The third-order valence-corrected chi connectivity index (χ3v) is 2.21. The summed E-state index contributed by atoms with van der Waals surface area (Å²) in [6.07, 6.45) is 0. The van der Waals surface area contributed by atoms with E-state index in [0.717, 1.165) is 12.3 Å². The number of nitrogens with one attached hydrogen (secondary N) is 1. The molecule has 0 aliphatic rings. The van der Waals surface area contributed by atoms with Crippen molar-refractivity contribution in [2.75, 3.05) is 19.3 Å². The highest BCUT2D eigenvalue weighted by Gasteiger charge is 1.93. The van der Waals surface area contributed by atoms with Crippen LogP contribution in [0.4, 0.5) is 0 Å². The van der Waals surface area contributed by atoms with Crippen LogP contribution < -0.4 is 11.1 Å². The van der Waals surface area contributed by atoms with Gasteiger partial charge in [-0.1, -0.05) is 13.8 Å². The number of hydrogen-bond acceptors (Lipinski definition) is 2. The van der Waals surface area contributed by atoms with Gasteiger partial charge in [-0.25, -0.2) is 0 Å². The van der Waals surface area contributed by atoms with Gasteiger partial charge in [0.15, 0.2) is 5.96 Å². The summed E-state index contributed by atoms with van der Waals surface area (Å²) in [6, 6.07) is 0. The predicted molar refractivity (Wildman–Crippen MR) is 53.1 cm³/mol. The first-order chi connectivity index (χ1) is 5.16. The maximum atomic E-state index is 5.42. The second kappa shape index (κ2) is 6.34. The quantitative estimate of drug-likeness (QED) is 0.375. The summed E-state index contributed by atoms with van der Waals surface area (Å²) in [6.45, 7) is 5.26. The molecule has 0 saturated heterocycles. The topological polar surface area (TPSA) is 50.4 Å². The first-order valence-electron chi connectivity index (χ1n) is 3.74. The zero-order valence-corrected chi connectivity index (χ0v) is 8.24. The molecule has 0 aromatic heterocycles. The molecule has 0 aromatic rings. The highest BCUT2D eigenvalue weighted by molar-refractivity contribution is 7.99. The van der Waals surface area contributed by atoms with Crippen molar-refractivity contribution in [1.82, 2.24) is 5.32 Å². The molecule has 0 spiro atoms. The first-order valence-corrected chi connectivity index (χ1v) is 4.79. The fourth-order valence-corrected chi connectivity index (χ4v) is 1.24. The van der Waals surface area contributed by atoms with Gasteiger partial charge >= 0.3 is 0 Å². The van der Waals surface area contributed by atoms with Gasteiger partial charge in [-0.3, -0.25) is 4.99 Å². The Labute approximate surface area is 72.8 Å². The van der Waals surface area contributed by atoms with Crippen molar-refractivity contribution in [3.8, 4) is 0 Å². The van der Waals surface area contributed by atoms with Gasteiger partial charge in [0.25, 0.3) is 0 Å². The number of rotatable bonds is 4. The first kappa shape index (κ1) is 10.6. The third kappa shape index (κ3) is 7.52. The van der Waals surface area contributed by atoms with Gasteiger partial charge in [0.1, 0.15) is 0 Å². The number of nitrogens with two attached hydrogens (primary N) is 1. The number of thioether (sulfide) groups is 1. The maximum Gasteiger partial charge on any atom is 0.188 e. The molecule has 3 nitrogen and oxygen atoms in total. The van der Waals surface area contributed by atoms with Crippen LogP contribution in [-0.2, 0) is 0 Å². The second-order valence-electron chi connectivity index (χ2n) is 2.46. The fraction of sp³-hybridized carbons (Fsp3) is 0.857. The molecule has 0 radical (unpaired) electrons.